The molecule has 0 aromatic carbocycles. The number of nitrogens with one attached hydrogen (secondary N) is 1. The molecule has 1 aliphatic rings. The maximum absolute atomic E-state index is 11.7. The molecule has 0 spiro atoms. The molecule has 0 aliphatic carbocycles. The second-order valence-corrected chi connectivity index (χ2v) is 5.07. The summed E-state index contributed by atoms with van der Waals surface area (Å²) < 4.78 is 0. The number of thioether (sulfide) groups is 1. The number of nitrogens with zero attached hydrogens (tertiary/aromatic N) is 1. The quantitative estimate of drug-likeness (QED) is 0.827. The largest absolute Gasteiger partial charge is 0.397 e. The van der Waals surface area contributed by atoms with E-state index in [0.29, 0.717) is 17.3 Å². The number of pyridine rings is 1. The van der Waals surface area contributed by atoms with Gasteiger partial charge < -0.3 is 11.1 Å². The van der Waals surface area contributed by atoms with Gasteiger partial charge in [-0.1, -0.05) is 0 Å². The van der Waals surface area contributed by atoms with Gasteiger partial charge in [0.25, 0.3) is 5.91 Å². The fourth-order valence-electron chi connectivity index (χ4n) is 1.61. The summed E-state index contributed by atoms with van der Waals surface area (Å²) in [6.07, 6.45) is 2.69. The first-order chi connectivity index (χ1) is 7.75. The normalized spacial score (nSPS) is 19.6. The molecule has 1 fully saturated rings. The van der Waals surface area contributed by atoms with Crippen LogP contribution in [0.4, 0.5) is 5.69 Å². The van der Waals surface area contributed by atoms with Crippen LogP contribution in [-0.2, 0) is 0 Å². The standard InChI is InChI=1S/C11H15N3OS/c12-9-1-2-10(13-6-9)11(15)14-5-8-3-4-16-7-8/h1-2,6,8H,3-5,7,12H2,(H,14,15). The number of nitrogen functional groups attached to an aromatic ring is 1. The van der Waals surface area contributed by atoms with Gasteiger partial charge in [-0.25, -0.2) is 4.98 Å². The summed E-state index contributed by atoms with van der Waals surface area (Å²) in [5.74, 6) is 2.86. The molecule has 1 atom stereocenters. The van der Waals surface area contributed by atoms with Crippen LogP contribution in [0, 0.1) is 5.92 Å². The minimum absolute atomic E-state index is 0.114. The minimum atomic E-state index is -0.114. The van der Waals surface area contributed by atoms with Crippen molar-refractivity contribution >= 4 is 23.4 Å². The Labute approximate surface area is 99.0 Å². The smallest absolute Gasteiger partial charge is 0.269 e. The van der Waals surface area contributed by atoms with E-state index in [2.05, 4.69) is 10.3 Å². The van der Waals surface area contributed by atoms with Crippen LogP contribution in [0.25, 0.3) is 0 Å². The van der Waals surface area contributed by atoms with E-state index in [1.54, 1.807) is 12.1 Å². The summed E-state index contributed by atoms with van der Waals surface area (Å²) in [6.45, 7) is 0.748. The predicted molar refractivity (Wildman–Crippen MR) is 66.4 cm³/mol. The van der Waals surface area contributed by atoms with Gasteiger partial charge in [0.1, 0.15) is 5.69 Å². The van der Waals surface area contributed by atoms with Crippen LogP contribution in [0.15, 0.2) is 18.3 Å². The van der Waals surface area contributed by atoms with Crippen LogP contribution in [0.5, 0.6) is 0 Å². The summed E-state index contributed by atoms with van der Waals surface area (Å²) >= 11 is 1.95. The number of nitrogens with two attached hydrogens (primary N) is 1. The lowest BCUT2D eigenvalue weighted by atomic mass is 10.1. The molecule has 0 radical (unpaired) electrons. The molecule has 0 bridgehead atoms. The lowest BCUT2D eigenvalue weighted by molar-refractivity contribution is 0.0943. The highest BCUT2D eigenvalue weighted by Gasteiger charge is 2.16. The number of hydrogen-bond acceptors (Lipinski definition) is 4. The molecule has 1 unspecified atom stereocenters. The van der Waals surface area contributed by atoms with Crippen LogP contribution in [-0.4, -0.2) is 28.9 Å². The highest BCUT2D eigenvalue weighted by molar-refractivity contribution is 7.99. The number of carbonyl (C=O) groups is 1. The van der Waals surface area contributed by atoms with Crippen molar-refractivity contribution in [3.63, 3.8) is 0 Å². The lowest BCUT2D eigenvalue weighted by Crippen LogP contribution is -2.29. The summed E-state index contributed by atoms with van der Waals surface area (Å²) in [5.41, 5.74) is 6.51. The van der Waals surface area contributed by atoms with Gasteiger partial charge in [0, 0.05) is 6.54 Å². The zero-order valence-electron chi connectivity index (χ0n) is 8.98. The van der Waals surface area contributed by atoms with Crippen molar-refractivity contribution in [1.29, 1.82) is 0 Å². The fraction of sp³-hybridized carbons (Fsp3) is 0.455. The first kappa shape index (κ1) is 11.3. The summed E-state index contributed by atoms with van der Waals surface area (Å²) in [6, 6.07) is 3.33. The van der Waals surface area contributed by atoms with Crippen molar-refractivity contribution in [3.8, 4) is 0 Å². The van der Waals surface area contributed by atoms with Gasteiger partial charge in [0.05, 0.1) is 11.9 Å². The molecule has 5 heteroatoms. The monoisotopic (exact) mass is 237 g/mol. The Morgan fingerprint density at radius 2 is 2.50 bits per heavy atom. The van der Waals surface area contributed by atoms with Gasteiger partial charge in [0.2, 0.25) is 0 Å². The molecule has 1 aliphatic heterocycles. The number of hydrogen-bond donors (Lipinski definition) is 2. The molecule has 86 valence electrons. The number of amides is 1. The Morgan fingerprint density at radius 3 is 3.12 bits per heavy atom. The Kier molecular flexibility index (Phi) is 3.66. The number of carbonyl (C=O) groups excluding carboxylic acids is 1. The molecule has 3 N–H and O–H groups in total. The van der Waals surface area contributed by atoms with Gasteiger partial charge in [-0.2, -0.15) is 11.8 Å². The van der Waals surface area contributed by atoms with Crippen molar-refractivity contribution in [2.24, 2.45) is 5.92 Å². The van der Waals surface area contributed by atoms with Crippen LogP contribution in [0.3, 0.4) is 0 Å². The summed E-state index contributed by atoms with van der Waals surface area (Å²) in [4.78, 5) is 15.7. The van der Waals surface area contributed by atoms with E-state index in [-0.39, 0.29) is 5.91 Å². The Hall–Kier alpha value is -1.23. The van der Waals surface area contributed by atoms with Crippen molar-refractivity contribution in [1.82, 2.24) is 10.3 Å². The van der Waals surface area contributed by atoms with E-state index >= 15 is 0 Å². The van der Waals surface area contributed by atoms with Crippen molar-refractivity contribution < 1.29 is 4.79 Å². The molecule has 2 heterocycles. The average Bonchev–Trinajstić information content (AvgIpc) is 2.80. The van der Waals surface area contributed by atoms with E-state index in [1.165, 1.54) is 18.4 Å². The van der Waals surface area contributed by atoms with Crippen LogP contribution >= 0.6 is 11.8 Å². The maximum atomic E-state index is 11.7. The second kappa shape index (κ2) is 5.21. The summed E-state index contributed by atoms with van der Waals surface area (Å²) in [7, 11) is 0. The summed E-state index contributed by atoms with van der Waals surface area (Å²) in [5, 5.41) is 2.90. The van der Waals surface area contributed by atoms with Gasteiger partial charge in [0.15, 0.2) is 0 Å². The van der Waals surface area contributed by atoms with Crippen molar-refractivity contribution in [2.45, 2.75) is 6.42 Å². The van der Waals surface area contributed by atoms with E-state index in [9.17, 15) is 4.79 Å². The average molecular weight is 237 g/mol. The van der Waals surface area contributed by atoms with Gasteiger partial charge in [-0.3, -0.25) is 4.79 Å². The molecule has 1 aromatic rings. The highest BCUT2D eigenvalue weighted by Crippen LogP contribution is 2.22. The topological polar surface area (TPSA) is 68.0 Å². The third-order valence-corrected chi connectivity index (χ3v) is 3.83. The van der Waals surface area contributed by atoms with E-state index in [1.807, 2.05) is 11.8 Å². The Balaban J connectivity index is 1.85. The van der Waals surface area contributed by atoms with Gasteiger partial charge in [-0.05, 0) is 36.0 Å². The molecule has 0 saturated carbocycles. The Bertz CT molecular complexity index is 360. The van der Waals surface area contributed by atoms with Crippen molar-refractivity contribution in [2.75, 3.05) is 23.8 Å². The molecule has 16 heavy (non-hydrogen) atoms. The Morgan fingerprint density at radius 1 is 1.62 bits per heavy atom. The van der Waals surface area contributed by atoms with E-state index < -0.39 is 0 Å². The van der Waals surface area contributed by atoms with Crippen LogP contribution in [0.1, 0.15) is 16.9 Å². The molecular formula is C11H15N3OS. The number of rotatable bonds is 3. The minimum Gasteiger partial charge on any atom is -0.397 e. The molecule has 2 rings (SSSR count). The van der Waals surface area contributed by atoms with Crippen LogP contribution in [0.2, 0.25) is 0 Å². The fourth-order valence-corrected chi connectivity index (χ4v) is 2.90. The molecular weight excluding hydrogens is 222 g/mol. The van der Waals surface area contributed by atoms with Gasteiger partial charge in [-0.15, -0.1) is 0 Å². The number of anilines is 1. The van der Waals surface area contributed by atoms with Crippen molar-refractivity contribution in [3.05, 3.63) is 24.0 Å². The molecule has 1 saturated heterocycles. The molecule has 1 amide bonds. The SMILES string of the molecule is Nc1ccc(C(=O)NCC2CCSC2)nc1. The molecule has 1 aromatic heterocycles. The first-order valence-corrected chi connectivity index (χ1v) is 6.48. The second-order valence-electron chi connectivity index (χ2n) is 3.92. The van der Waals surface area contributed by atoms with E-state index in [4.69, 9.17) is 5.73 Å². The number of aromatic nitrogens is 1. The third-order valence-electron chi connectivity index (χ3n) is 2.59. The zero-order chi connectivity index (χ0) is 11.4. The zero-order valence-corrected chi connectivity index (χ0v) is 9.80. The first-order valence-electron chi connectivity index (χ1n) is 5.33. The van der Waals surface area contributed by atoms with E-state index in [0.717, 1.165) is 12.3 Å². The highest BCUT2D eigenvalue weighted by atomic mass is 32.2. The van der Waals surface area contributed by atoms with Gasteiger partial charge >= 0.3 is 0 Å². The lowest BCUT2D eigenvalue weighted by Gasteiger charge is -2.09. The van der Waals surface area contributed by atoms with Crippen LogP contribution < -0.4 is 11.1 Å². The third kappa shape index (κ3) is 2.88. The molecule has 4 nitrogen and oxygen atoms in total. The maximum Gasteiger partial charge on any atom is 0.269 e. The predicted octanol–water partition coefficient (Wildman–Crippen LogP) is 1.15.